The molecule has 1 aliphatic rings. The highest BCUT2D eigenvalue weighted by atomic mass is 19.4. The molecule has 0 aliphatic heterocycles. The van der Waals surface area contributed by atoms with Crippen LogP contribution >= 0.6 is 0 Å². The molecule has 0 spiro atoms. The first-order chi connectivity index (χ1) is 9.27. The Bertz CT molecular complexity index is 359. The van der Waals surface area contributed by atoms with Gasteiger partial charge in [0.2, 0.25) is 5.91 Å². The molecule has 0 bridgehead atoms. The van der Waals surface area contributed by atoms with E-state index in [-0.39, 0.29) is 19.4 Å². The number of aliphatic carboxylic acids is 1. The lowest BCUT2D eigenvalue weighted by Crippen LogP contribution is -2.45. The van der Waals surface area contributed by atoms with Crippen LogP contribution in [0.5, 0.6) is 0 Å². The average molecular weight is 297 g/mol. The molecule has 0 aromatic carbocycles. The van der Waals surface area contributed by atoms with E-state index in [9.17, 15) is 22.8 Å². The lowest BCUT2D eigenvalue weighted by molar-refractivity contribution is -0.198. The highest BCUT2D eigenvalue weighted by Gasteiger charge is 2.48. The van der Waals surface area contributed by atoms with Crippen molar-refractivity contribution in [3.8, 4) is 0 Å². The van der Waals surface area contributed by atoms with E-state index in [0.29, 0.717) is 12.8 Å². The smallest absolute Gasteiger partial charge is 0.392 e. The zero-order chi connectivity index (χ0) is 15.3. The van der Waals surface area contributed by atoms with Gasteiger partial charge >= 0.3 is 12.1 Å². The number of nitrogens with one attached hydrogen (secondary N) is 1. The molecular weight excluding hydrogens is 279 g/mol. The first-order valence-corrected chi connectivity index (χ1v) is 6.37. The van der Waals surface area contributed by atoms with Gasteiger partial charge in [0.15, 0.2) is 6.10 Å². The van der Waals surface area contributed by atoms with E-state index in [2.05, 4.69) is 10.1 Å². The summed E-state index contributed by atoms with van der Waals surface area (Å²) in [6.45, 7) is -0.342. The zero-order valence-corrected chi connectivity index (χ0v) is 11.1. The van der Waals surface area contributed by atoms with Gasteiger partial charge in [-0.3, -0.25) is 4.79 Å². The summed E-state index contributed by atoms with van der Waals surface area (Å²) < 4.78 is 43.1. The van der Waals surface area contributed by atoms with Gasteiger partial charge in [0.05, 0.1) is 12.5 Å². The Hall–Kier alpha value is -1.31. The van der Waals surface area contributed by atoms with Crippen molar-refractivity contribution in [1.82, 2.24) is 5.32 Å². The number of methoxy groups -OCH3 is 1. The number of amides is 1. The Balaban J connectivity index is 2.62. The summed E-state index contributed by atoms with van der Waals surface area (Å²) >= 11 is 0. The second-order valence-electron chi connectivity index (χ2n) is 4.85. The second-order valence-corrected chi connectivity index (χ2v) is 4.85. The molecule has 0 aromatic heterocycles. The number of carbonyl (C=O) groups is 2. The molecule has 1 amide bonds. The monoisotopic (exact) mass is 297 g/mol. The fourth-order valence-corrected chi connectivity index (χ4v) is 2.43. The normalized spacial score (nSPS) is 25.0. The summed E-state index contributed by atoms with van der Waals surface area (Å²) in [5, 5.41) is 11.0. The molecule has 0 heterocycles. The van der Waals surface area contributed by atoms with Crippen LogP contribution in [0.1, 0.15) is 25.7 Å². The van der Waals surface area contributed by atoms with Crippen LogP contribution in [0.4, 0.5) is 13.2 Å². The first-order valence-electron chi connectivity index (χ1n) is 6.37. The molecule has 20 heavy (non-hydrogen) atoms. The third-order valence-corrected chi connectivity index (χ3v) is 3.54. The molecule has 2 N–H and O–H groups in total. The first kappa shape index (κ1) is 16.7. The van der Waals surface area contributed by atoms with E-state index in [4.69, 9.17) is 5.11 Å². The quantitative estimate of drug-likeness (QED) is 0.807. The molecule has 8 heteroatoms. The van der Waals surface area contributed by atoms with E-state index in [1.807, 2.05) is 0 Å². The summed E-state index contributed by atoms with van der Waals surface area (Å²) in [7, 11) is 1.16. The summed E-state index contributed by atoms with van der Waals surface area (Å²) in [5.74, 6) is -4.82. The standard InChI is InChI=1S/C12H18F3NO4/c1-20-9(11(18)19)6-16-10(17)7-4-2-3-5-8(7)12(13,14)15/h7-9H,2-6H2,1H3,(H,16,17)(H,18,19). The van der Waals surface area contributed by atoms with Crippen LogP contribution in [0.2, 0.25) is 0 Å². The lowest BCUT2D eigenvalue weighted by Gasteiger charge is -2.32. The number of alkyl halides is 3. The van der Waals surface area contributed by atoms with Crippen molar-refractivity contribution in [3.63, 3.8) is 0 Å². The van der Waals surface area contributed by atoms with Crippen LogP contribution in [0.25, 0.3) is 0 Å². The minimum atomic E-state index is -4.41. The molecule has 116 valence electrons. The highest BCUT2D eigenvalue weighted by Crippen LogP contribution is 2.41. The summed E-state index contributed by atoms with van der Waals surface area (Å²) in [5.41, 5.74) is 0. The summed E-state index contributed by atoms with van der Waals surface area (Å²) in [6, 6.07) is 0. The number of carbonyl (C=O) groups excluding carboxylic acids is 1. The number of hydrogen-bond donors (Lipinski definition) is 2. The zero-order valence-electron chi connectivity index (χ0n) is 11.1. The van der Waals surface area contributed by atoms with E-state index in [0.717, 1.165) is 7.11 Å². The van der Waals surface area contributed by atoms with Crippen LogP contribution in [0.3, 0.4) is 0 Å². The third kappa shape index (κ3) is 4.36. The van der Waals surface area contributed by atoms with Gasteiger partial charge < -0.3 is 15.2 Å². The Kier molecular flexibility index (Phi) is 5.79. The van der Waals surface area contributed by atoms with Gasteiger partial charge in [0.25, 0.3) is 0 Å². The SMILES string of the molecule is COC(CNC(=O)C1CCCCC1C(F)(F)F)C(=O)O. The van der Waals surface area contributed by atoms with Crippen LogP contribution < -0.4 is 5.32 Å². The Labute approximate surface area is 114 Å². The summed E-state index contributed by atoms with van der Waals surface area (Å²) in [4.78, 5) is 22.5. The van der Waals surface area contributed by atoms with Gasteiger partial charge in [-0.2, -0.15) is 13.2 Å². The Morgan fingerprint density at radius 1 is 1.35 bits per heavy atom. The molecule has 3 unspecified atom stereocenters. The van der Waals surface area contributed by atoms with Gasteiger partial charge in [-0.15, -0.1) is 0 Å². The third-order valence-electron chi connectivity index (χ3n) is 3.54. The predicted octanol–water partition coefficient (Wildman–Crippen LogP) is 1.57. The minimum absolute atomic E-state index is 0.0613. The average Bonchev–Trinajstić information content (AvgIpc) is 2.37. The van der Waals surface area contributed by atoms with E-state index >= 15 is 0 Å². The maximum Gasteiger partial charge on any atom is 0.392 e. The molecule has 0 saturated heterocycles. The predicted molar refractivity (Wildman–Crippen MR) is 62.9 cm³/mol. The molecule has 0 aromatic rings. The molecule has 3 atom stereocenters. The number of ether oxygens (including phenoxy) is 1. The maximum atomic E-state index is 12.8. The molecule has 5 nitrogen and oxygen atoms in total. The fraction of sp³-hybridized carbons (Fsp3) is 0.833. The number of halogens is 3. The van der Waals surface area contributed by atoms with Gasteiger partial charge in [-0.05, 0) is 12.8 Å². The van der Waals surface area contributed by atoms with E-state index in [1.54, 1.807) is 0 Å². The summed E-state index contributed by atoms with van der Waals surface area (Å²) in [6.07, 6.45) is -4.54. The molecule has 1 aliphatic carbocycles. The van der Waals surface area contributed by atoms with Gasteiger partial charge in [-0.1, -0.05) is 12.8 Å². The van der Waals surface area contributed by atoms with Crippen molar-refractivity contribution in [1.29, 1.82) is 0 Å². The highest BCUT2D eigenvalue weighted by molar-refractivity contribution is 5.80. The lowest BCUT2D eigenvalue weighted by atomic mass is 9.78. The second kappa shape index (κ2) is 6.92. The van der Waals surface area contributed by atoms with Crippen LogP contribution in [0, 0.1) is 11.8 Å². The van der Waals surface area contributed by atoms with Gasteiger partial charge in [0, 0.05) is 13.0 Å². The number of carboxylic acids is 1. The molecule has 1 saturated carbocycles. The van der Waals surface area contributed by atoms with Gasteiger partial charge in [0.1, 0.15) is 0 Å². The van der Waals surface area contributed by atoms with Crippen LogP contribution in [0.15, 0.2) is 0 Å². The molecular formula is C12H18F3NO4. The number of rotatable bonds is 5. The number of hydrogen-bond acceptors (Lipinski definition) is 3. The van der Waals surface area contributed by atoms with Gasteiger partial charge in [-0.25, -0.2) is 4.79 Å². The van der Waals surface area contributed by atoms with Crippen molar-refractivity contribution in [2.45, 2.75) is 38.0 Å². The van der Waals surface area contributed by atoms with Crippen molar-refractivity contribution in [2.24, 2.45) is 11.8 Å². The molecule has 1 fully saturated rings. The maximum absolute atomic E-state index is 12.8. The van der Waals surface area contributed by atoms with Crippen LogP contribution in [-0.2, 0) is 14.3 Å². The van der Waals surface area contributed by atoms with Crippen molar-refractivity contribution >= 4 is 11.9 Å². The van der Waals surface area contributed by atoms with Crippen molar-refractivity contribution < 1.29 is 32.6 Å². The van der Waals surface area contributed by atoms with E-state index < -0.39 is 36.0 Å². The topological polar surface area (TPSA) is 75.6 Å². The largest absolute Gasteiger partial charge is 0.479 e. The van der Waals surface area contributed by atoms with Crippen molar-refractivity contribution in [2.75, 3.05) is 13.7 Å². The molecule has 0 radical (unpaired) electrons. The molecule has 1 rings (SSSR count). The minimum Gasteiger partial charge on any atom is -0.479 e. The van der Waals surface area contributed by atoms with Crippen molar-refractivity contribution in [3.05, 3.63) is 0 Å². The fourth-order valence-electron chi connectivity index (χ4n) is 2.43. The van der Waals surface area contributed by atoms with E-state index in [1.165, 1.54) is 0 Å². The van der Waals surface area contributed by atoms with Crippen LogP contribution in [-0.4, -0.2) is 42.9 Å². The Morgan fingerprint density at radius 3 is 2.45 bits per heavy atom. The number of carboxylic acid groups (broad SMARTS) is 1. The Morgan fingerprint density at radius 2 is 1.95 bits per heavy atom.